The summed E-state index contributed by atoms with van der Waals surface area (Å²) in [7, 11) is 0. The van der Waals surface area contributed by atoms with Gasteiger partial charge in [0.05, 0.1) is 23.0 Å². The van der Waals surface area contributed by atoms with E-state index in [0.717, 1.165) is 5.69 Å². The second kappa shape index (κ2) is 7.03. The molecule has 136 valence electrons. The Labute approximate surface area is 155 Å². The first-order valence-electron chi connectivity index (χ1n) is 8.58. The Balaban J connectivity index is 1.52. The van der Waals surface area contributed by atoms with E-state index in [4.69, 9.17) is 0 Å². The van der Waals surface area contributed by atoms with Crippen molar-refractivity contribution in [3.8, 4) is 5.69 Å². The molecule has 0 unspecified atom stereocenters. The van der Waals surface area contributed by atoms with Gasteiger partial charge in [-0.3, -0.25) is 9.59 Å². The highest BCUT2D eigenvalue weighted by molar-refractivity contribution is 6.04. The predicted molar refractivity (Wildman–Crippen MR) is 99.1 cm³/mol. The van der Waals surface area contributed by atoms with Crippen LogP contribution >= 0.6 is 0 Å². The van der Waals surface area contributed by atoms with Crippen LogP contribution in [0.1, 0.15) is 6.42 Å². The van der Waals surface area contributed by atoms with Gasteiger partial charge in [-0.25, -0.2) is 9.07 Å². The Kier molecular flexibility index (Phi) is 4.42. The number of para-hydroxylation sites is 3. The van der Waals surface area contributed by atoms with Crippen molar-refractivity contribution in [2.75, 3.05) is 16.8 Å². The van der Waals surface area contributed by atoms with E-state index >= 15 is 0 Å². The molecule has 0 aliphatic carbocycles. The molecule has 0 saturated carbocycles. The smallest absolute Gasteiger partial charge is 0.229 e. The predicted octanol–water partition coefficient (Wildman–Crippen LogP) is 3.00. The Morgan fingerprint density at radius 3 is 2.56 bits per heavy atom. The normalized spacial score (nSPS) is 16.6. The summed E-state index contributed by atoms with van der Waals surface area (Å²) in [5.74, 6) is -1.57. The molecule has 1 aromatic heterocycles. The molecule has 0 bridgehead atoms. The van der Waals surface area contributed by atoms with Gasteiger partial charge in [-0.05, 0) is 30.3 Å². The van der Waals surface area contributed by atoms with E-state index < -0.39 is 11.7 Å². The van der Waals surface area contributed by atoms with E-state index in [0.29, 0.717) is 5.69 Å². The van der Waals surface area contributed by atoms with Crippen molar-refractivity contribution in [1.82, 2.24) is 9.78 Å². The highest BCUT2D eigenvalue weighted by Gasteiger charge is 2.36. The van der Waals surface area contributed by atoms with Gasteiger partial charge >= 0.3 is 0 Å². The van der Waals surface area contributed by atoms with Gasteiger partial charge in [-0.15, -0.1) is 0 Å². The third-order valence-corrected chi connectivity index (χ3v) is 4.55. The highest BCUT2D eigenvalue weighted by atomic mass is 19.1. The molecular weight excluding hydrogens is 347 g/mol. The number of hydrogen-bond donors (Lipinski definition) is 1. The Morgan fingerprint density at radius 1 is 1.07 bits per heavy atom. The number of anilines is 2. The zero-order valence-corrected chi connectivity index (χ0v) is 14.4. The maximum atomic E-state index is 14.0. The molecule has 1 aliphatic rings. The third kappa shape index (κ3) is 3.31. The lowest BCUT2D eigenvalue weighted by Gasteiger charge is -2.17. The van der Waals surface area contributed by atoms with Crippen LogP contribution in [0.5, 0.6) is 0 Å². The van der Waals surface area contributed by atoms with Crippen LogP contribution in [0.2, 0.25) is 0 Å². The second-order valence-electron chi connectivity index (χ2n) is 6.31. The summed E-state index contributed by atoms with van der Waals surface area (Å²) < 4.78 is 15.6. The number of nitrogens with one attached hydrogen (secondary N) is 1. The molecule has 2 aromatic carbocycles. The summed E-state index contributed by atoms with van der Waals surface area (Å²) in [5, 5.41) is 7.06. The van der Waals surface area contributed by atoms with Crippen LogP contribution in [-0.4, -0.2) is 28.1 Å². The Morgan fingerprint density at radius 2 is 1.81 bits per heavy atom. The zero-order chi connectivity index (χ0) is 18.8. The van der Waals surface area contributed by atoms with Gasteiger partial charge in [-0.2, -0.15) is 5.10 Å². The van der Waals surface area contributed by atoms with E-state index in [9.17, 15) is 14.0 Å². The number of carbonyl (C=O) groups is 2. The summed E-state index contributed by atoms with van der Waals surface area (Å²) in [4.78, 5) is 26.4. The SMILES string of the molecule is O=C(Nc1ccccc1-n1cccn1)[C@H]1CC(=O)N(c2ccccc2F)C1. The van der Waals surface area contributed by atoms with Crippen LogP contribution in [0, 0.1) is 11.7 Å². The highest BCUT2D eigenvalue weighted by Crippen LogP contribution is 2.28. The van der Waals surface area contributed by atoms with Crippen LogP contribution in [0.3, 0.4) is 0 Å². The minimum absolute atomic E-state index is 0.0457. The van der Waals surface area contributed by atoms with Crippen molar-refractivity contribution in [3.63, 3.8) is 0 Å². The number of hydrogen-bond acceptors (Lipinski definition) is 3. The second-order valence-corrected chi connectivity index (χ2v) is 6.31. The summed E-state index contributed by atoms with van der Waals surface area (Å²) in [6.45, 7) is 0.148. The van der Waals surface area contributed by atoms with Gasteiger partial charge in [0, 0.05) is 25.4 Å². The molecule has 1 aliphatic heterocycles. The van der Waals surface area contributed by atoms with E-state index in [-0.39, 0.29) is 30.5 Å². The molecule has 0 spiro atoms. The number of benzene rings is 2. The van der Waals surface area contributed by atoms with Gasteiger partial charge in [0.2, 0.25) is 11.8 Å². The molecule has 27 heavy (non-hydrogen) atoms. The lowest BCUT2D eigenvalue weighted by atomic mass is 10.1. The van der Waals surface area contributed by atoms with E-state index in [1.807, 2.05) is 18.2 Å². The number of nitrogens with zero attached hydrogens (tertiary/aromatic N) is 3. The maximum absolute atomic E-state index is 14.0. The lowest BCUT2D eigenvalue weighted by Crippen LogP contribution is -2.29. The average Bonchev–Trinajstić information content (AvgIpc) is 3.33. The fourth-order valence-corrected chi connectivity index (χ4v) is 3.21. The topological polar surface area (TPSA) is 67.2 Å². The van der Waals surface area contributed by atoms with Gasteiger partial charge in [0.1, 0.15) is 5.82 Å². The zero-order valence-electron chi connectivity index (χ0n) is 14.4. The quantitative estimate of drug-likeness (QED) is 0.774. The number of amides is 2. The van der Waals surface area contributed by atoms with Crippen LogP contribution in [0.25, 0.3) is 5.69 Å². The first kappa shape index (κ1) is 17.0. The van der Waals surface area contributed by atoms with E-state index in [2.05, 4.69) is 10.4 Å². The molecule has 1 saturated heterocycles. The van der Waals surface area contributed by atoms with Crippen molar-refractivity contribution in [2.45, 2.75) is 6.42 Å². The average molecular weight is 364 g/mol. The van der Waals surface area contributed by atoms with Crippen LogP contribution in [0.15, 0.2) is 67.0 Å². The lowest BCUT2D eigenvalue weighted by molar-refractivity contribution is -0.122. The summed E-state index contributed by atoms with van der Waals surface area (Å²) in [5.41, 5.74) is 1.53. The van der Waals surface area contributed by atoms with Crippen LogP contribution in [0.4, 0.5) is 15.8 Å². The number of halogens is 1. The number of aromatic nitrogens is 2. The Bertz CT molecular complexity index is 987. The molecule has 4 rings (SSSR count). The molecule has 6 nitrogen and oxygen atoms in total. The number of carbonyl (C=O) groups excluding carboxylic acids is 2. The third-order valence-electron chi connectivity index (χ3n) is 4.55. The van der Waals surface area contributed by atoms with Crippen molar-refractivity contribution in [2.24, 2.45) is 5.92 Å². The molecule has 2 heterocycles. The summed E-state index contributed by atoms with van der Waals surface area (Å²) in [6, 6.07) is 15.2. The minimum atomic E-state index is -0.553. The molecule has 1 N–H and O–H groups in total. The van der Waals surface area contributed by atoms with Crippen molar-refractivity contribution >= 4 is 23.2 Å². The number of rotatable bonds is 4. The molecule has 2 amide bonds. The molecule has 0 radical (unpaired) electrons. The van der Waals surface area contributed by atoms with Gasteiger partial charge in [-0.1, -0.05) is 24.3 Å². The van der Waals surface area contributed by atoms with E-state index in [1.54, 1.807) is 47.4 Å². The fraction of sp³-hybridized carbons (Fsp3) is 0.150. The van der Waals surface area contributed by atoms with Gasteiger partial charge in [0.25, 0.3) is 0 Å². The molecular formula is C20H17FN4O2. The summed E-state index contributed by atoms with van der Waals surface area (Å²) >= 11 is 0. The van der Waals surface area contributed by atoms with Crippen LogP contribution < -0.4 is 10.2 Å². The molecule has 1 atom stereocenters. The maximum Gasteiger partial charge on any atom is 0.229 e. The van der Waals surface area contributed by atoms with Crippen molar-refractivity contribution in [3.05, 3.63) is 72.8 Å². The summed E-state index contributed by atoms with van der Waals surface area (Å²) in [6.07, 6.45) is 3.48. The standard InChI is InChI=1S/C20H17FN4O2/c21-15-6-1-3-8-17(15)24-13-14(12-19(24)26)20(27)23-16-7-2-4-9-18(16)25-11-5-10-22-25/h1-11,14H,12-13H2,(H,23,27)/t14-/m0/s1. The first-order chi connectivity index (χ1) is 13.1. The monoisotopic (exact) mass is 364 g/mol. The molecule has 7 heteroatoms. The van der Waals surface area contributed by atoms with Crippen molar-refractivity contribution in [1.29, 1.82) is 0 Å². The van der Waals surface area contributed by atoms with Crippen LogP contribution in [-0.2, 0) is 9.59 Å². The first-order valence-corrected chi connectivity index (χ1v) is 8.58. The Hall–Kier alpha value is -3.48. The molecule has 1 fully saturated rings. The fourth-order valence-electron chi connectivity index (χ4n) is 3.21. The largest absolute Gasteiger partial charge is 0.324 e. The van der Waals surface area contributed by atoms with Crippen molar-refractivity contribution < 1.29 is 14.0 Å². The van der Waals surface area contributed by atoms with E-state index in [1.165, 1.54) is 11.0 Å². The van der Waals surface area contributed by atoms with Gasteiger partial charge in [0.15, 0.2) is 0 Å². The minimum Gasteiger partial charge on any atom is -0.324 e. The molecule has 3 aromatic rings. The van der Waals surface area contributed by atoms with Gasteiger partial charge < -0.3 is 10.2 Å².